The Morgan fingerprint density at radius 3 is 2.61 bits per heavy atom. The lowest BCUT2D eigenvalue weighted by atomic mass is 10.1. The van der Waals surface area contributed by atoms with Crippen molar-refractivity contribution in [1.29, 1.82) is 0 Å². The summed E-state index contributed by atoms with van der Waals surface area (Å²) in [5.41, 5.74) is 1.51. The SMILES string of the molecule is CC(C)CCNCCC1CC1Cc1ccccc1. The Kier molecular flexibility index (Phi) is 5.25. The summed E-state index contributed by atoms with van der Waals surface area (Å²) >= 11 is 0. The zero-order valence-electron chi connectivity index (χ0n) is 11.9. The molecule has 1 aliphatic carbocycles. The molecule has 2 atom stereocenters. The first-order chi connectivity index (χ1) is 8.75. The van der Waals surface area contributed by atoms with Crippen LogP contribution in [0.1, 0.15) is 38.7 Å². The molecular weight excluding hydrogens is 218 g/mol. The van der Waals surface area contributed by atoms with Gasteiger partial charge in [-0.25, -0.2) is 0 Å². The predicted molar refractivity (Wildman–Crippen MR) is 78.7 cm³/mol. The van der Waals surface area contributed by atoms with Crippen LogP contribution in [0.4, 0.5) is 0 Å². The molecule has 18 heavy (non-hydrogen) atoms. The van der Waals surface area contributed by atoms with Crippen LogP contribution in [0.2, 0.25) is 0 Å². The van der Waals surface area contributed by atoms with Gasteiger partial charge in [0.1, 0.15) is 0 Å². The maximum Gasteiger partial charge on any atom is -0.00462 e. The fraction of sp³-hybridized carbons (Fsp3) is 0.647. The molecular formula is C17H27N. The Morgan fingerprint density at radius 1 is 1.11 bits per heavy atom. The first-order valence-corrected chi connectivity index (χ1v) is 7.50. The summed E-state index contributed by atoms with van der Waals surface area (Å²) in [5, 5.41) is 3.57. The van der Waals surface area contributed by atoms with Gasteiger partial charge in [0, 0.05) is 0 Å². The van der Waals surface area contributed by atoms with E-state index in [0.29, 0.717) is 0 Å². The van der Waals surface area contributed by atoms with E-state index in [2.05, 4.69) is 49.5 Å². The van der Waals surface area contributed by atoms with E-state index in [0.717, 1.165) is 17.8 Å². The summed E-state index contributed by atoms with van der Waals surface area (Å²) in [4.78, 5) is 0. The molecule has 1 aromatic carbocycles. The third kappa shape index (κ3) is 4.81. The van der Waals surface area contributed by atoms with Crippen LogP contribution in [0.3, 0.4) is 0 Å². The lowest BCUT2D eigenvalue weighted by molar-refractivity contribution is 0.516. The second-order valence-corrected chi connectivity index (χ2v) is 6.17. The van der Waals surface area contributed by atoms with Crippen molar-refractivity contribution in [2.45, 2.75) is 39.5 Å². The molecule has 0 aliphatic heterocycles. The zero-order valence-corrected chi connectivity index (χ0v) is 11.9. The minimum absolute atomic E-state index is 0.823. The monoisotopic (exact) mass is 245 g/mol. The van der Waals surface area contributed by atoms with Gasteiger partial charge in [0.15, 0.2) is 0 Å². The average Bonchev–Trinajstić information content (AvgIpc) is 3.08. The van der Waals surface area contributed by atoms with Gasteiger partial charge in [-0.2, -0.15) is 0 Å². The van der Waals surface area contributed by atoms with Crippen LogP contribution in [0.25, 0.3) is 0 Å². The maximum absolute atomic E-state index is 3.57. The van der Waals surface area contributed by atoms with E-state index in [-0.39, 0.29) is 0 Å². The van der Waals surface area contributed by atoms with Gasteiger partial charge in [0.05, 0.1) is 0 Å². The molecule has 1 heteroatoms. The first kappa shape index (κ1) is 13.6. The van der Waals surface area contributed by atoms with E-state index in [4.69, 9.17) is 0 Å². The summed E-state index contributed by atoms with van der Waals surface area (Å²) in [7, 11) is 0. The lowest BCUT2D eigenvalue weighted by Gasteiger charge is -2.06. The minimum Gasteiger partial charge on any atom is -0.317 e. The molecule has 1 aliphatic rings. The van der Waals surface area contributed by atoms with Crippen molar-refractivity contribution < 1.29 is 0 Å². The normalized spacial score (nSPS) is 22.4. The maximum atomic E-state index is 3.57. The van der Waals surface area contributed by atoms with Crippen molar-refractivity contribution >= 4 is 0 Å². The van der Waals surface area contributed by atoms with Crippen LogP contribution in [0.15, 0.2) is 30.3 Å². The summed E-state index contributed by atoms with van der Waals surface area (Å²) in [5.74, 6) is 2.76. The highest BCUT2D eigenvalue weighted by Crippen LogP contribution is 2.43. The van der Waals surface area contributed by atoms with Crippen LogP contribution in [-0.2, 0) is 6.42 Å². The summed E-state index contributed by atoms with van der Waals surface area (Å²) in [6.45, 7) is 6.98. The Bertz CT molecular complexity index is 331. The summed E-state index contributed by atoms with van der Waals surface area (Å²) in [6, 6.07) is 10.9. The molecule has 0 aromatic heterocycles. The topological polar surface area (TPSA) is 12.0 Å². The molecule has 1 fully saturated rings. The van der Waals surface area contributed by atoms with E-state index < -0.39 is 0 Å². The standard InChI is InChI=1S/C17H27N/c1-14(2)8-10-18-11-9-16-13-17(16)12-15-6-4-3-5-7-15/h3-7,14,16-18H,8-13H2,1-2H3. The molecule has 1 nitrogen and oxygen atoms in total. The predicted octanol–water partition coefficient (Wildman–Crippen LogP) is 3.89. The molecule has 2 rings (SSSR count). The fourth-order valence-corrected chi connectivity index (χ4v) is 2.63. The van der Waals surface area contributed by atoms with Crippen LogP contribution < -0.4 is 5.32 Å². The van der Waals surface area contributed by atoms with Crippen molar-refractivity contribution in [3.05, 3.63) is 35.9 Å². The molecule has 1 aromatic rings. The second kappa shape index (κ2) is 6.94. The smallest absolute Gasteiger partial charge is 0.00462 e. The van der Waals surface area contributed by atoms with Gasteiger partial charge in [0.25, 0.3) is 0 Å². The van der Waals surface area contributed by atoms with Gasteiger partial charge >= 0.3 is 0 Å². The van der Waals surface area contributed by atoms with E-state index in [9.17, 15) is 0 Å². The van der Waals surface area contributed by atoms with Crippen LogP contribution in [0, 0.1) is 17.8 Å². The number of rotatable bonds is 8. The molecule has 1 saturated carbocycles. The number of benzene rings is 1. The van der Waals surface area contributed by atoms with Crippen molar-refractivity contribution in [2.75, 3.05) is 13.1 Å². The first-order valence-electron chi connectivity index (χ1n) is 7.50. The van der Waals surface area contributed by atoms with Crippen LogP contribution in [-0.4, -0.2) is 13.1 Å². The van der Waals surface area contributed by atoms with Crippen molar-refractivity contribution in [3.63, 3.8) is 0 Å². The van der Waals surface area contributed by atoms with Crippen LogP contribution >= 0.6 is 0 Å². The van der Waals surface area contributed by atoms with Crippen molar-refractivity contribution in [1.82, 2.24) is 5.32 Å². The molecule has 0 radical (unpaired) electrons. The quantitative estimate of drug-likeness (QED) is 0.685. The molecule has 0 bridgehead atoms. The highest BCUT2D eigenvalue weighted by atomic mass is 14.8. The van der Waals surface area contributed by atoms with E-state index in [1.54, 1.807) is 0 Å². The summed E-state index contributed by atoms with van der Waals surface area (Å²) < 4.78 is 0. The molecule has 0 spiro atoms. The number of hydrogen-bond donors (Lipinski definition) is 1. The Hall–Kier alpha value is -0.820. The molecule has 2 unspecified atom stereocenters. The largest absolute Gasteiger partial charge is 0.317 e. The Balaban J connectivity index is 1.53. The Morgan fingerprint density at radius 2 is 1.89 bits per heavy atom. The zero-order chi connectivity index (χ0) is 12.8. The van der Waals surface area contributed by atoms with E-state index in [1.807, 2.05) is 0 Å². The minimum atomic E-state index is 0.823. The van der Waals surface area contributed by atoms with Gasteiger partial charge in [-0.05, 0) is 62.1 Å². The molecule has 1 N–H and O–H groups in total. The fourth-order valence-electron chi connectivity index (χ4n) is 2.63. The average molecular weight is 245 g/mol. The van der Waals surface area contributed by atoms with E-state index >= 15 is 0 Å². The van der Waals surface area contributed by atoms with Gasteiger partial charge in [0.2, 0.25) is 0 Å². The molecule has 0 amide bonds. The van der Waals surface area contributed by atoms with Gasteiger partial charge in [-0.15, -0.1) is 0 Å². The highest BCUT2D eigenvalue weighted by Gasteiger charge is 2.35. The summed E-state index contributed by atoms with van der Waals surface area (Å²) in [6.07, 6.45) is 5.41. The van der Waals surface area contributed by atoms with Gasteiger partial charge in [-0.1, -0.05) is 44.2 Å². The second-order valence-electron chi connectivity index (χ2n) is 6.17. The highest BCUT2D eigenvalue weighted by molar-refractivity contribution is 5.16. The third-order valence-electron chi connectivity index (χ3n) is 4.00. The molecule has 0 saturated heterocycles. The lowest BCUT2D eigenvalue weighted by Crippen LogP contribution is -2.18. The third-order valence-corrected chi connectivity index (χ3v) is 4.00. The number of hydrogen-bond acceptors (Lipinski definition) is 1. The van der Waals surface area contributed by atoms with Gasteiger partial charge in [-0.3, -0.25) is 0 Å². The Labute approximate surface area is 112 Å². The number of nitrogens with one attached hydrogen (secondary N) is 1. The molecule has 100 valence electrons. The van der Waals surface area contributed by atoms with Crippen molar-refractivity contribution in [3.8, 4) is 0 Å². The molecule has 0 heterocycles. The van der Waals surface area contributed by atoms with Crippen molar-refractivity contribution in [2.24, 2.45) is 17.8 Å². The van der Waals surface area contributed by atoms with Gasteiger partial charge < -0.3 is 5.32 Å². The van der Waals surface area contributed by atoms with Crippen LogP contribution in [0.5, 0.6) is 0 Å². The van der Waals surface area contributed by atoms with E-state index in [1.165, 1.54) is 44.3 Å².